The monoisotopic (exact) mass is 302 g/mol. The summed E-state index contributed by atoms with van der Waals surface area (Å²) in [4.78, 5) is 20.2. The van der Waals surface area contributed by atoms with Crippen LogP contribution in [0.2, 0.25) is 5.15 Å². The van der Waals surface area contributed by atoms with Gasteiger partial charge in [-0.3, -0.25) is 4.79 Å². The number of pyridine rings is 1. The van der Waals surface area contributed by atoms with Crippen LogP contribution in [0.5, 0.6) is 0 Å². The van der Waals surface area contributed by atoms with E-state index < -0.39 is 0 Å². The number of hydrogen-bond acceptors (Lipinski definition) is 5. The second-order valence-corrected chi connectivity index (χ2v) is 4.83. The van der Waals surface area contributed by atoms with Gasteiger partial charge in [-0.05, 0) is 24.3 Å². The number of rotatable bonds is 2. The largest absolute Gasteiger partial charge is 0.441 e. The fourth-order valence-electron chi connectivity index (χ4n) is 1.94. The molecule has 0 fully saturated rings. The maximum Gasteiger partial charge on any atom is 0.258 e. The molecule has 0 bridgehead atoms. The van der Waals surface area contributed by atoms with Gasteiger partial charge in [0.1, 0.15) is 10.7 Å². The van der Waals surface area contributed by atoms with Crippen LogP contribution in [0.1, 0.15) is 16.2 Å². The van der Waals surface area contributed by atoms with E-state index in [4.69, 9.17) is 21.8 Å². The summed E-state index contributed by atoms with van der Waals surface area (Å²) in [5, 5.41) is 2.82. The minimum atomic E-state index is -0.389. The van der Waals surface area contributed by atoms with Gasteiger partial charge in [0.2, 0.25) is 0 Å². The highest BCUT2D eigenvalue weighted by Gasteiger charge is 2.13. The molecule has 106 valence electrons. The number of nitrogen functional groups attached to an aromatic ring is 1. The van der Waals surface area contributed by atoms with Crippen molar-refractivity contribution in [3.63, 3.8) is 0 Å². The van der Waals surface area contributed by atoms with E-state index in [1.54, 1.807) is 25.1 Å². The van der Waals surface area contributed by atoms with Crippen LogP contribution >= 0.6 is 11.6 Å². The van der Waals surface area contributed by atoms with Crippen molar-refractivity contribution in [2.75, 3.05) is 11.1 Å². The van der Waals surface area contributed by atoms with Crippen LogP contribution in [0.4, 0.5) is 11.4 Å². The fraction of sp³-hybridized carbons (Fsp3) is 0.0714. The number of carbonyl (C=O) groups is 1. The Hall–Kier alpha value is -2.60. The lowest BCUT2D eigenvalue weighted by atomic mass is 10.2. The number of amides is 1. The summed E-state index contributed by atoms with van der Waals surface area (Å²) in [5.41, 5.74) is 8.11. The number of carbonyl (C=O) groups excluding carboxylic acids is 1. The summed E-state index contributed by atoms with van der Waals surface area (Å²) < 4.78 is 5.38. The summed E-state index contributed by atoms with van der Waals surface area (Å²) in [7, 11) is 0. The molecular formula is C14H11ClN4O2. The summed E-state index contributed by atoms with van der Waals surface area (Å²) >= 11 is 5.90. The first-order valence-electron chi connectivity index (χ1n) is 6.12. The Morgan fingerprint density at radius 3 is 3.00 bits per heavy atom. The number of nitrogens with zero attached hydrogens (tertiary/aromatic N) is 2. The third kappa shape index (κ3) is 2.66. The lowest BCUT2D eigenvalue weighted by Gasteiger charge is -2.06. The van der Waals surface area contributed by atoms with Crippen LogP contribution in [0.15, 0.2) is 34.9 Å². The van der Waals surface area contributed by atoms with E-state index in [-0.39, 0.29) is 16.6 Å². The van der Waals surface area contributed by atoms with Gasteiger partial charge in [-0.1, -0.05) is 11.6 Å². The summed E-state index contributed by atoms with van der Waals surface area (Å²) in [6.45, 7) is 1.76. The maximum atomic E-state index is 12.2. The molecule has 0 spiro atoms. The number of oxazole rings is 1. The van der Waals surface area contributed by atoms with Gasteiger partial charge in [0.25, 0.3) is 5.91 Å². The number of anilines is 2. The van der Waals surface area contributed by atoms with Crippen LogP contribution < -0.4 is 11.1 Å². The van der Waals surface area contributed by atoms with Crippen molar-refractivity contribution in [3.8, 4) is 0 Å². The van der Waals surface area contributed by atoms with Crippen molar-refractivity contribution in [2.24, 2.45) is 0 Å². The van der Waals surface area contributed by atoms with Crippen molar-refractivity contribution in [1.82, 2.24) is 9.97 Å². The minimum absolute atomic E-state index is 0.0973. The zero-order valence-corrected chi connectivity index (χ0v) is 11.8. The maximum absolute atomic E-state index is 12.2. The number of benzene rings is 1. The van der Waals surface area contributed by atoms with E-state index in [1.807, 2.05) is 0 Å². The Kier molecular flexibility index (Phi) is 3.23. The average Bonchev–Trinajstić information content (AvgIpc) is 2.80. The topological polar surface area (TPSA) is 94.0 Å². The van der Waals surface area contributed by atoms with Crippen LogP contribution in [0.25, 0.3) is 11.1 Å². The van der Waals surface area contributed by atoms with Crippen molar-refractivity contribution in [1.29, 1.82) is 0 Å². The Bertz CT molecular complexity index is 844. The third-order valence-electron chi connectivity index (χ3n) is 2.86. The third-order valence-corrected chi connectivity index (χ3v) is 3.16. The zero-order chi connectivity index (χ0) is 15.0. The molecule has 3 aromatic rings. The van der Waals surface area contributed by atoms with E-state index in [1.165, 1.54) is 12.3 Å². The lowest BCUT2D eigenvalue weighted by molar-refractivity contribution is 0.102. The van der Waals surface area contributed by atoms with Crippen molar-refractivity contribution < 1.29 is 9.21 Å². The number of hydrogen-bond donors (Lipinski definition) is 2. The van der Waals surface area contributed by atoms with Crippen molar-refractivity contribution >= 4 is 40.0 Å². The molecular weight excluding hydrogens is 292 g/mol. The number of aryl methyl sites for hydroxylation is 1. The fourth-order valence-corrected chi connectivity index (χ4v) is 2.13. The molecule has 6 nitrogen and oxygen atoms in total. The van der Waals surface area contributed by atoms with E-state index in [9.17, 15) is 4.79 Å². The second kappa shape index (κ2) is 5.06. The van der Waals surface area contributed by atoms with Crippen molar-refractivity contribution in [3.05, 3.63) is 47.1 Å². The van der Waals surface area contributed by atoms with Gasteiger partial charge in [-0.15, -0.1) is 0 Å². The molecule has 0 unspecified atom stereocenters. The van der Waals surface area contributed by atoms with Crippen LogP contribution in [-0.4, -0.2) is 15.9 Å². The number of fused-ring (bicyclic) bond motifs is 1. The Morgan fingerprint density at radius 1 is 1.38 bits per heavy atom. The standard InChI is InChI=1S/C14H11ClN4O2/c1-7-18-11-5-9(2-3-12(11)21-7)19-14(20)10-4-8(16)6-17-13(10)15/h2-6H,16H2,1H3,(H,19,20). The normalized spacial score (nSPS) is 10.8. The second-order valence-electron chi connectivity index (χ2n) is 4.48. The predicted octanol–water partition coefficient (Wildman–Crippen LogP) is 3.02. The molecule has 0 saturated heterocycles. The molecule has 0 radical (unpaired) electrons. The summed E-state index contributed by atoms with van der Waals surface area (Å²) in [5.74, 6) is 0.177. The SMILES string of the molecule is Cc1nc2cc(NC(=O)c3cc(N)cnc3Cl)ccc2o1. The van der Waals surface area contributed by atoms with Gasteiger partial charge in [0, 0.05) is 12.6 Å². The summed E-state index contributed by atoms with van der Waals surface area (Å²) in [6.07, 6.45) is 1.39. The molecule has 21 heavy (non-hydrogen) atoms. The van der Waals surface area contributed by atoms with E-state index in [0.29, 0.717) is 28.4 Å². The predicted molar refractivity (Wildman–Crippen MR) is 80.4 cm³/mol. The van der Waals surface area contributed by atoms with E-state index >= 15 is 0 Å². The van der Waals surface area contributed by atoms with Crippen LogP contribution in [0, 0.1) is 6.92 Å². The van der Waals surface area contributed by atoms with E-state index in [0.717, 1.165) is 0 Å². The van der Waals surface area contributed by atoms with Crippen LogP contribution in [0.3, 0.4) is 0 Å². The van der Waals surface area contributed by atoms with Gasteiger partial charge in [0.05, 0.1) is 17.4 Å². The molecule has 0 atom stereocenters. The van der Waals surface area contributed by atoms with Gasteiger partial charge in [0.15, 0.2) is 11.5 Å². The number of nitrogens with one attached hydrogen (secondary N) is 1. The molecule has 1 aromatic carbocycles. The van der Waals surface area contributed by atoms with Crippen molar-refractivity contribution in [2.45, 2.75) is 6.92 Å². The van der Waals surface area contributed by atoms with E-state index in [2.05, 4.69) is 15.3 Å². The summed E-state index contributed by atoms with van der Waals surface area (Å²) in [6, 6.07) is 6.66. The first-order chi connectivity index (χ1) is 10.0. The molecule has 0 aliphatic heterocycles. The molecule has 0 aliphatic carbocycles. The molecule has 3 rings (SSSR count). The highest BCUT2D eigenvalue weighted by Crippen LogP contribution is 2.21. The molecule has 2 aromatic heterocycles. The molecule has 0 saturated carbocycles. The highest BCUT2D eigenvalue weighted by atomic mass is 35.5. The Morgan fingerprint density at radius 2 is 2.19 bits per heavy atom. The Balaban J connectivity index is 1.90. The molecule has 3 N–H and O–H groups in total. The first-order valence-corrected chi connectivity index (χ1v) is 6.50. The van der Waals surface area contributed by atoms with Gasteiger partial charge < -0.3 is 15.5 Å². The smallest absolute Gasteiger partial charge is 0.258 e. The molecule has 2 heterocycles. The molecule has 7 heteroatoms. The number of aromatic nitrogens is 2. The quantitative estimate of drug-likeness (QED) is 0.710. The number of halogens is 1. The minimum Gasteiger partial charge on any atom is -0.441 e. The molecule has 1 amide bonds. The zero-order valence-electron chi connectivity index (χ0n) is 11.1. The van der Waals surface area contributed by atoms with Crippen LogP contribution in [-0.2, 0) is 0 Å². The van der Waals surface area contributed by atoms with Gasteiger partial charge >= 0.3 is 0 Å². The lowest BCUT2D eigenvalue weighted by Crippen LogP contribution is -2.13. The first kappa shape index (κ1) is 13.4. The molecule has 0 aliphatic rings. The van der Waals surface area contributed by atoms with Gasteiger partial charge in [-0.25, -0.2) is 9.97 Å². The average molecular weight is 303 g/mol. The van der Waals surface area contributed by atoms with Gasteiger partial charge in [-0.2, -0.15) is 0 Å². The highest BCUT2D eigenvalue weighted by molar-refractivity contribution is 6.33. The Labute approximate surface area is 124 Å². The number of nitrogens with two attached hydrogens (primary N) is 1.